The van der Waals surface area contributed by atoms with Gasteiger partial charge in [0.2, 0.25) is 5.91 Å². The van der Waals surface area contributed by atoms with E-state index in [1.54, 1.807) is 0 Å². The second kappa shape index (κ2) is 6.29. The van der Waals surface area contributed by atoms with Gasteiger partial charge in [0, 0.05) is 36.8 Å². The average molecular weight is 315 g/mol. The smallest absolute Gasteiger partial charge is 0.225 e. The number of nitrogens with zero attached hydrogens (tertiary/aromatic N) is 3. The Morgan fingerprint density at radius 3 is 2.61 bits per heavy atom. The molecule has 0 aromatic carbocycles. The molecule has 3 aliphatic rings. The van der Waals surface area contributed by atoms with Gasteiger partial charge in [-0.15, -0.1) is 0 Å². The van der Waals surface area contributed by atoms with E-state index in [0.717, 1.165) is 32.4 Å². The van der Waals surface area contributed by atoms with E-state index in [4.69, 9.17) is 0 Å². The molecule has 4 nitrogen and oxygen atoms in total. The summed E-state index contributed by atoms with van der Waals surface area (Å²) < 4.78 is 2.46. The van der Waals surface area contributed by atoms with Gasteiger partial charge in [0.1, 0.15) is 5.82 Å². The third-order valence-corrected chi connectivity index (χ3v) is 5.98. The lowest BCUT2D eigenvalue weighted by Gasteiger charge is -2.37. The van der Waals surface area contributed by atoms with Crippen LogP contribution in [0.4, 0.5) is 0 Å². The Balaban J connectivity index is 1.48. The highest BCUT2D eigenvalue weighted by Crippen LogP contribution is 2.41. The zero-order valence-electron chi connectivity index (χ0n) is 14.3. The molecule has 4 heteroatoms. The van der Waals surface area contributed by atoms with Gasteiger partial charge in [-0.3, -0.25) is 4.79 Å². The standard InChI is InChI=1S/C19H29N3O/c1-14-12-20-18(15-9-10-15)22(14)17-8-5-11-21(13-17)19(23)16-6-3-2-4-7-16/h12,15-17H,2-11,13H2,1H3. The molecule has 2 aliphatic carbocycles. The second-order valence-corrected chi connectivity index (χ2v) is 7.82. The predicted molar refractivity (Wildman–Crippen MR) is 90.4 cm³/mol. The van der Waals surface area contributed by atoms with Crippen molar-refractivity contribution in [1.82, 2.24) is 14.5 Å². The Morgan fingerprint density at radius 1 is 1.09 bits per heavy atom. The lowest BCUT2D eigenvalue weighted by atomic mass is 9.87. The molecule has 2 heterocycles. The van der Waals surface area contributed by atoms with Gasteiger partial charge in [0.05, 0.1) is 6.04 Å². The molecule has 1 amide bonds. The molecule has 1 aliphatic heterocycles. The van der Waals surface area contributed by atoms with Crippen LogP contribution in [-0.4, -0.2) is 33.4 Å². The lowest BCUT2D eigenvalue weighted by molar-refractivity contribution is -0.138. The molecule has 2 saturated carbocycles. The van der Waals surface area contributed by atoms with Crippen molar-refractivity contribution in [3.63, 3.8) is 0 Å². The maximum atomic E-state index is 12.9. The van der Waals surface area contributed by atoms with Gasteiger partial charge in [-0.2, -0.15) is 0 Å². The summed E-state index contributed by atoms with van der Waals surface area (Å²) in [5.74, 6) is 2.68. The summed E-state index contributed by atoms with van der Waals surface area (Å²) in [5, 5.41) is 0. The van der Waals surface area contributed by atoms with Crippen molar-refractivity contribution in [2.45, 2.75) is 76.7 Å². The normalized spacial score (nSPS) is 26.5. The zero-order chi connectivity index (χ0) is 15.8. The lowest BCUT2D eigenvalue weighted by Crippen LogP contribution is -2.44. The van der Waals surface area contributed by atoms with Gasteiger partial charge in [-0.1, -0.05) is 19.3 Å². The van der Waals surface area contributed by atoms with Gasteiger partial charge in [0.15, 0.2) is 0 Å². The van der Waals surface area contributed by atoms with E-state index in [0.29, 0.717) is 23.8 Å². The minimum Gasteiger partial charge on any atom is -0.340 e. The Labute approximate surface area is 139 Å². The minimum absolute atomic E-state index is 0.300. The van der Waals surface area contributed by atoms with Gasteiger partial charge < -0.3 is 9.47 Å². The highest BCUT2D eigenvalue weighted by atomic mass is 16.2. The quantitative estimate of drug-likeness (QED) is 0.850. The molecule has 1 saturated heterocycles. The number of imidazole rings is 1. The molecule has 1 aromatic rings. The van der Waals surface area contributed by atoms with E-state index >= 15 is 0 Å². The minimum atomic E-state index is 0.300. The van der Waals surface area contributed by atoms with Crippen LogP contribution in [0.3, 0.4) is 0 Å². The first-order valence-corrected chi connectivity index (χ1v) is 9.56. The maximum Gasteiger partial charge on any atom is 0.225 e. The fraction of sp³-hybridized carbons (Fsp3) is 0.789. The van der Waals surface area contributed by atoms with Crippen LogP contribution in [0.5, 0.6) is 0 Å². The highest BCUT2D eigenvalue weighted by molar-refractivity contribution is 5.79. The first-order chi connectivity index (χ1) is 11.2. The SMILES string of the molecule is Cc1cnc(C2CC2)n1C1CCCN(C(=O)C2CCCCC2)C1. The van der Waals surface area contributed by atoms with E-state index in [2.05, 4.69) is 21.4 Å². The number of aromatic nitrogens is 2. The summed E-state index contributed by atoms with van der Waals surface area (Å²) in [6.45, 7) is 4.02. The third kappa shape index (κ3) is 3.05. The van der Waals surface area contributed by atoms with Gasteiger partial charge in [-0.05, 0) is 45.4 Å². The number of carbonyl (C=O) groups excluding carboxylic acids is 1. The maximum absolute atomic E-state index is 12.9. The largest absolute Gasteiger partial charge is 0.340 e. The molecule has 0 radical (unpaired) electrons. The molecule has 126 valence electrons. The number of hydrogen-bond donors (Lipinski definition) is 0. The summed E-state index contributed by atoms with van der Waals surface area (Å²) in [6, 6.07) is 0.439. The van der Waals surface area contributed by atoms with Crippen LogP contribution in [0, 0.1) is 12.8 Å². The molecule has 1 atom stereocenters. The first-order valence-electron chi connectivity index (χ1n) is 9.56. The Hall–Kier alpha value is -1.32. The van der Waals surface area contributed by atoms with Crippen molar-refractivity contribution in [2.75, 3.05) is 13.1 Å². The summed E-state index contributed by atoms with van der Waals surface area (Å²) >= 11 is 0. The topological polar surface area (TPSA) is 38.1 Å². The average Bonchev–Trinajstić information content (AvgIpc) is 3.37. The fourth-order valence-corrected chi connectivity index (χ4v) is 4.56. The van der Waals surface area contributed by atoms with Crippen molar-refractivity contribution in [3.8, 4) is 0 Å². The van der Waals surface area contributed by atoms with Crippen LogP contribution >= 0.6 is 0 Å². The van der Waals surface area contributed by atoms with Crippen LogP contribution in [-0.2, 0) is 4.79 Å². The number of likely N-dealkylation sites (tertiary alicyclic amines) is 1. The number of hydrogen-bond acceptors (Lipinski definition) is 2. The number of rotatable bonds is 3. The van der Waals surface area contributed by atoms with E-state index in [-0.39, 0.29) is 0 Å². The van der Waals surface area contributed by atoms with E-state index in [9.17, 15) is 4.79 Å². The molecular formula is C19H29N3O. The second-order valence-electron chi connectivity index (χ2n) is 7.82. The molecule has 0 N–H and O–H groups in total. The van der Waals surface area contributed by atoms with E-state index < -0.39 is 0 Å². The Kier molecular flexibility index (Phi) is 4.16. The molecule has 0 bridgehead atoms. The third-order valence-electron chi connectivity index (χ3n) is 5.98. The first kappa shape index (κ1) is 15.2. The summed E-state index contributed by atoms with van der Waals surface area (Å²) in [6.07, 6.45) is 12.9. The molecular weight excluding hydrogens is 286 g/mol. The van der Waals surface area contributed by atoms with Crippen molar-refractivity contribution in [2.24, 2.45) is 5.92 Å². The van der Waals surface area contributed by atoms with Gasteiger partial charge in [0.25, 0.3) is 0 Å². The van der Waals surface area contributed by atoms with Crippen LogP contribution in [0.25, 0.3) is 0 Å². The fourth-order valence-electron chi connectivity index (χ4n) is 4.56. The molecule has 4 rings (SSSR count). The van der Waals surface area contributed by atoms with Crippen LogP contribution in [0.2, 0.25) is 0 Å². The van der Waals surface area contributed by atoms with Crippen molar-refractivity contribution in [3.05, 3.63) is 17.7 Å². The highest BCUT2D eigenvalue weighted by Gasteiger charge is 2.34. The van der Waals surface area contributed by atoms with Crippen molar-refractivity contribution >= 4 is 5.91 Å². The number of aryl methyl sites for hydroxylation is 1. The molecule has 3 fully saturated rings. The van der Waals surface area contributed by atoms with E-state index in [1.807, 2.05) is 6.20 Å². The molecule has 1 unspecified atom stereocenters. The number of piperidine rings is 1. The summed E-state index contributed by atoms with van der Waals surface area (Å²) in [4.78, 5) is 19.7. The molecule has 0 spiro atoms. The van der Waals surface area contributed by atoms with Crippen LogP contribution < -0.4 is 0 Å². The predicted octanol–water partition coefficient (Wildman–Crippen LogP) is 3.81. The van der Waals surface area contributed by atoms with Crippen LogP contribution in [0.15, 0.2) is 6.20 Å². The monoisotopic (exact) mass is 315 g/mol. The van der Waals surface area contributed by atoms with Gasteiger partial charge in [-0.25, -0.2) is 4.98 Å². The van der Waals surface area contributed by atoms with Crippen molar-refractivity contribution in [1.29, 1.82) is 0 Å². The Bertz CT molecular complexity index is 569. The van der Waals surface area contributed by atoms with E-state index in [1.165, 1.54) is 50.0 Å². The number of carbonyl (C=O) groups is 1. The number of amides is 1. The molecule has 1 aromatic heterocycles. The zero-order valence-corrected chi connectivity index (χ0v) is 14.3. The molecule has 23 heavy (non-hydrogen) atoms. The summed E-state index contributed by atoms with van der Waals surface area (Å²) in [5.41, 5.74) is 1.27. The van der Waals surface area contributed by atoms with Crippen LogP contribution in [0.1, 0.15) is 81.3 Å². The summed E-state index contributed by atoms with van der Waals surface area (Å²) in [7, 11) is 0. The Morgan fingerprint density at radius 2 is 1.87 bits per heavy atom. The van der Waals surface area contributed by atoms with Gasteiger partial charge >= 0.3 is 0 Å². The van der Waals surface area contributed by atoms with Crippen molar-refractivity contribution < 1.29 is 4.79 Å².